The largest absolute Gasteiger partial charge is 0.411 e. The van der Waals surface area contributed by atoms with Crippen LogP contribution in [0.15, 0.2) is 58.2 Å². The van der Waals surface area contributed by atoms with Crippen LogP contribution >= 0.6 is 11.8 Å². The predicted octanol–water partition coefficient (Wildman–Crippen LogP) is 3.98. The number of hydrogen-bond acceptors (Lipinski definition) is 6. The minimum atomic E-state index is -0.152. The zero-order valence-corrected chi connectivity index (χ0v) is 15.2. The lowest BCUT2D eigenvalue weighted by Gasteiger charge is -2.03. The topological polar surface area (TPSA) is 85.1 Å². The average Bonchev–Trinajstić information content (AvgIpc) is 3.09. The van der Waals surface area contributed by atoms with Gasteiger partial charge in [0.25, 0.3) is 5.22 Å². The molecule has 3 rings (SSSR count). The summed E-state index contributed by atoms with van der Waals surface area (Å²) in [5.41, 5.74) is 3.14. The number of aromatic nitrogens is 2. The van der Waals surface area contributed by atoms with Crippen LogP contribution in [0.3, 0.4) is 0 Å². The molecule has 0 unspecified atom stereocenters. The Hall–Kier alpha value is -2.93. The zero-order valence-electron chi connectivity index (χ0n) is 14.4. The van der Waals surface area contributed by atoms with Gasteiger partial charge in [0.05, 0.1) is 5.75 Å². The maximum atomic E-state index is 12.3. The van der Waals surface area contributed by atoms with Gasteiger partial charge in [0.15, 0.2) is 5.78 Å². The van der Waals surface area contributed by atoms with Gasteiger partial charge in [-0.1, -0.05) is 30.0 Å². The van der Waals surface area contributed by atoms with Gasteiger partial charge in [-0.3, -0.25) is 9.59 Å². The summed E-state index contributed by atoms with van der Waals surface area (Å²) in [6.45, 7) is 3.41. The maximum absolute atomic E-state index is 12.3. The van der Waals surface area contributed by atoms with Gasteiger partial charge in [0, 0.05) is 23.7 Å². The minimum absolute atomic E-state index is 0.0555. The van der Waals surface area contributed by atoms with Crippen molar-refractivity contribution in [2.45, 2.75) is 19.1 Å². The third-order valence-corrected chi connectivity index (χ3v) is 4.45. The van der Waals surface area contributed by atoms with Crippen molar-refractivity contribution in [2.24, 2.45) is 0 Å². The summed E-state index contributed by atoms with van der Waals surface area (Å²) >= 11 is 1.20. The highest BCUT2D eigenvalue weighted by Gasteiger charge is 2.13. The van der Waals surface area contributed by atoms with E-state index in [-0.39, 0.29) is 17.4 Å². The summed E-state index contributed by atoms with van der Waals surface area (Å²) in [6, 6.07) is 14.5. The molecule has 1 aromatic heterocycles. The first-order valence-electron chi connectivity index (χ1n) is 7.96. The molecule has 0 saturated heterocycles. The van der Waals surface area contributed by atoms with Crippen LogP contribution in [0.4, 0.5) is 5.69 Å². The van der Waals surface area contributed by atoms with Crippen molar-refractivity contribution in [2.75, 3.05) is 11.1 Å². The Bertz CT molecular complexity index is 935. The number of anilines is 1. The van der Waals surface area contributed by atoms with Crippen molar-refractivity contribution in [3.05, 3.63) is 59.7 Å². The molecule has 1 heterocycles. The Morgan fingerprint density at radius 3 is 2.50 bits per heavy atom. The van der Waals surface area contributed by atoms with Crippen LogP contribution in [-0.4, -0.2) is 27.6 Å². The van der Waals surface area contributed by atoms with Crippen LogP contribution in [0, 0.1) is 6.92 Å². The molecule has 0 spiro atoms. The fraction of sp³-hybridized carbons (Fsp3) is 0.158. The number of benzene rings is 2. The number of ketones is 1. The number of amides is 1. The van der Waals surface area contributed by atoms with Gasteiger partial charge in [-0.05, 0) is 42.8 Å². The Labute approximate surface area is 155 Å². The molecular formula is C19H17N3O3S. The second kappa shape index (κ2) is 7.97. The summed E-state index contributed by atoms with van der Waals surface area (Å²) in [6.07, 6.45) is 0. The fourth-order valence-electron chi connectivity index (χ4n) is 2.34. The monoisotopic (exact) mass is 367 g/mol. The highest BCUT2D eigenvalue weighted by Crippen LogP contribution is 2.26. The van der Waals surface area contributed by atoms with Gasteiger partial charge in [-0.25, -0.2) is 0 Å². The first kappa shape index (κ1) is 17.9. The van der Waals surface area contributed by atoms with Crippen LogP contribution in [-0.2, 0) is 4.79 Å². The number of carbonyl (C=O) groups excluding carboxylic acids is 2. The smallest absolute Gasteiger partial charge is 0.277 e. The summed E-state index contributed by atoms with van der Waals surface area (Å²) in [7, 11) is 0. The van der Waals surface area contributed by atoms with E-state index in [9.17, 15) is 9.59 Å². The summed E-state index contributed by atoms with van der Waals surface area (Å²) < 4.78 is 5.64. The van der Waals surface area contributed by atoms with Crippen molar-refractivity contribution in [3.63, 3.8) is 0 Å². The average molecular weight is 367 g/mol. The molecule has 0 saturated carbocycles. The number of hydrogen-bond donors (Lipinski definition) is 1. The van der Waals surface area contributed by atoms with E-state index in [1.54, 1.807) is 24.3 Å². The van der Waals surface area contributed by atoms with Gasteiger partial charge < -0.3 is 9.73 Å². The molecule has 6 nitrogen and oxygen atoms in total. The number of rotatable bonds is 6. The van der Waals surface area contributed by atoms with E-state index in [2.05, 4.69) is 15.5 Å². The third kappa shape index (κ3) is 4.37. The molecule has 0 fully saturated rings. The molecule has 1 N–H and O–H groups in total. The number of thioether (sulfide) groups is 1. The third-order valence-electron chi connectivity index (χ3n) is 3.64. The Kier molecular flexibility index (Phi) is 5.48. The van der Waals surface area contributed by atoms with Gasteiger partial charge in [-0.2, -0.15) is 0 Å². The summed E-state index contributed by atoms with van der Waals surface area (Å²) in [4.78, 5) is 23.3. The predicted molar refractivity (Wildman–Crippen MR) is 100 cm³/mol. The molecule has 0 bridgehead atoms. The van der Waals surface area contributed by atoms with Gasteiger partial charge in [0.1, 0.15) is 0 Å². The lowest BCUT2D eigenvalue weighted by molar-refractivity contribution is -0.114. The molecule has 2 aromatic carbocycles. The van der Waals surface area contributed by atoms with Gasteiger partial charge in [-0.15, -0.1) is 10.2 Å². The standard InChI is InChI=1S/C19H17N3O3S/c1-12-5-3-4-6-16(12)18-21-22-19(25-18)26-11-17(24)14-7-9-15(10-8-14)20-13(2)23/h3-10H,11H2,1-2H3,(H,20,23). The first-order valence-corrected chi connectivity index (χ1v) is 8.94. The van der Waals surface area contributed by atoms with E-state index >= 15 is 0 Å². The minimum Gasteiger partial charge on any atom is -0.411 e. The van der Waals surface area contributed by atoms with E-state index < -0.39 is 0 Å². The summed E-state index contributed by atoms with van der Waals surface area (Å²) in [5.74, 6) is 0.424. The van der Waals surface area contributed by atoms with Crippen molar-refractivity contribution in [3.8, 4) is 11.5 Å². The van der Waals surface area contributed by atoms with Crippen LogP contribution in [0.5, 0.6) is 0 Å². The van der Waals surface area contributed by atoms with Crippen LogP contribution in [0.25, 0.3) is 11.5 Å². The molecule has 7 heteroatoms. The van der Waals surface area contributed by atoms with Crippen LogP contribution in [0.1, 0.15) is 22.8 Å². The molecule has 1 amide bonds. The number of nitrogens with one attached hydrogen (secondary N) is 1. The van der Waals surface area contributed by atoms with Crippen molar-refractivity contribution < 1.29 is 14.0 Å². The molecule has 26 heavy (non-hydrogen) atoms. The number of aryl methyl sites for hydroxylation is 1. The van der Waals surface area contributed by atoms with Crippen molar-refractivity contribution >= 4 is 29.1 Å². The van der Waals surface area contributed by atoms with E-state index in [1.165, 1.54) is 18.7 Å². The summed E-state index contributed by atoms with van der Waals surface area (Å²) in [5, 5.41) is 11.1. The Morgan fingerprint density at radius 2 is 1.81 bits per heavy atom. The first-order chi connectivity index (χ1) is 12.5. The lowest BCUT2D eigenvalue weighted by atomic mass is 10.1. The highest BCUT2D eigenvalue weighted by atomic mass is 32.2. The fourth-order valence-corrected chi connectivity index (χ4v) is 3.00. The van der Waals surface area contributed by atoms with E-state index in [4.69, 9.17) is 4.42 Å². The van der Waals surface area contributed by atoms with E-state index in [0.717, 1.165) is 11.1 Å². The SMILES string of the molecule is CC(=O)Nc1ccc(C(=O)CSc2nnc(-c3ccccc3C)o2)cc1. The molecule has 3 aromatic rings. The maximum Gasteiger partial charge on any atom is 0.277 e. The van der Waals surface area contributed by atoms with Gasteiger partial charge >= 0.3 is 0 Å². The molecule has 0 aliphatic rings. The highest BCUT2D eigenvalue weighted by molar-refractivity contribution is 7.99. The van der Waals surface area contributed by atoms with Gasteiger partial charge in [0.2, 0.25) is 11.8 Å². The number of Topliss-reactive ketones (excluding diaryl/α,β-unsaturated/α-hetero) is 1. The second-order valence-electron chi connectivity index (χ2n) is 5.66. The van der Waals surface area contributed by atoms with E-state index in [0.29, 0.717) is 22.4 Å². The number of nitrogens with zero attached hydrogens (tertiary/aromatic N) is 2. The van der Waals surface area contributed by atoms with Crippen LogP contribution in [0.2, 0.25) is 0 Å². The lowest BCUT2D eigenvalue weighted by Crippen LogP contribution is -2.07. The molecule has 132 valence electrons. The molecule has 0 radical (unpaired) electrons. The van der Waals surface area contributed by atoms with Crippen molar-refractivity contribution in [1.82, 2.24) is 10.2 Å². The molecule has 0 aliphatic heterocycles. The Morgan fingerprint density at radius 1 is 1.08 bits per heavy atom. The zero-order chi connectivity index (χ0) is 18.5. The second-order valence-corrected chi connectivity index (χ2v) is 6.59. The number of carbonyl (C=O) groups is 2. The van der Waals surface area contributed by atoms with Crippen molar-refractivity contribution in [1.29, 1.82) is 0 Å². The normalized spacial score (nSPS) is 10.5. The quantitative estimate of drug-likeness (QED) is 0.524. The molecule has 0 atom stereocenters. The Balaban J connectivity index is 1.61. The molecule has 0 aliphatic carbocycles. The van der Waals surface area contributed by atoms with E-state index in [1.807, 2.05) is 31.2 Å². The van der Waals surface area contributed by atoms with Crippen LogP contribution < -0.4 is 5.32 Å². The molecular weight excluding hydrogens is 350 g/mol.